The van der Waals surface area contributed by atoms with Crippen molar-refractivity contribution in [2.24, 2.45) is 0 Å². The Morgan fingerprint density at radius 1 is 0.938 bits per heavy atom. The van der Waals surface area contributed by atoms with Gasteiger partial charge in [0, 0.05) is 31.6 Å². The van der Waals surface area contributed by atoms with Gasteiger partial charge in [0.2, 0.25) is 0 Å². The van der Waals surface area contributed by atoms with Crippen LogP contribution in [0.2, 0.25) is 0 Å². The van der Waals surface area contributed by atoms with Gasteiger partial charge in [-0.2, -0.15) is 10.2 Å². The van der Waals surface area contributed by atoms with Crippen molar-refractivity contribution in [2.75, 3.05) is 32.7 Å². The second-order valence-corrected chi connectivity index (χ2v) is 8.34. The lowest BCUT2D eigenvalue weighted by atomic mass is 9.97. The Balaban J connectivity index is 1.37. The summed E-state index contributed by atoms with van der Waals surface area (Å²) in [6.07, 6.45) is 0.852. The van der Waals surface area contributed by atoms with E-state index in [-0.39, 0.29) is 0 Å². The van der Waals surface area contributed by atoms with Gasteiger partial charge in [0.05, 0.1) is 12.1 Å². The van der Waals surface area contributed by atoms with E-state index in [2.05, 4.69) is 62.2 Å². The molecule has 0 bridgehead atoms. The maximum Gasteiger partial charge on any atom is 0.177 e. The Morgan fingerprint density at radius 3 is 2.53 bits per heavy atom. The van der Waals surface area contributed by atoms with Crippen molar-refractivity contribution in [2.45, 2.75) is 26.8 Å². The summed E-state index contributed by atoms with van der Waals surface area (Å²) < 4.78 is 0. The van der Waals surface area contributed by atoms with Gasteiger partial charge in [0.15, 0.2) is 11.6 Å². The van der Waals surface area contributed by atoms with Crippen molar-refractivity contribution in [3.63, 3.8) is 0 Å². The normalized spacial score (nSPS) is 15.6. The SMILES string of the molecule is CCc1cc(O)ccc1-c1ccc2c(-c3nc(CN4CCN(CC)CC4)n[nH]3)n[nH]c2c1. The highest BCUT2D eigenvalue weighted by Gasteiger charge is 2.19. The van der Waals surface area contributed by atoms with Gasteiger partial charge in [0.1, 0.15) is 11.4 Å². The third-order valence-corrected chi connectivity index (χ3v) is 6.38. The average Bonchev–Trinajstić information content (AvgIpc) is 3.45. The minimum absolute atomic E-state index is 0.295. The van der Waals surface area contributed by atoms with Gasteiger partial charge in [-0.15, -0.1) is 0 Å². The van der Waals surface area contributed by atoms with Crippen LogP contribution in [0.5, 0.6) is 5.75 Å². The number of H-pyrrole nitrogens is 2. The molecule has 2 aromatic heterocycles. The summed E-state index contributed by atoms with van der Waals surface area (Å²) >= 11 is 0. The molecule has 0 spiro atoms. The Labute approximate surface area is 187 Å². The lowest BCUT2D eigenvalue weighted by Gasteiger charge is -2.33. The lowest BCUT2D eigenvalue weighted by molar-refractivity contribution is 0.129. The molecule has 0 atom stereocenters. The number of benzene rings is 2. The number of nitrogens with one attached hydrogen (secondary N) is 2. The van der Waals surface area contributed by atoms with E-state index < -0.39 is 0 Å². The molecule has 1 aliphatic rings. The summed E-state index contributed by atoms with van der Waals surface area (Å²) in [6.45, 7) is 10.5. The highest BCUT2D eigenvalue weighted by atomic mass is 16.3. The quantitative estimate of drug-likeness (QED) is 0.433. The van der Waals surface area contributed by atoms with Crippen LogP contribution in [0.3, 0.4) is 0 Å². The van der Waals surface area contributed by atoms with Crippen molar-refractivity contribution in [1.82, 2.24) is 35.2 Å². The molecule has 0 aliphatic carbocycles. The fourth-order valence-corrected chi connectivity index (χ4v) is 4.46. The van der Waals surface area contributed by atoms with Crippen LogP contribution in [0.1, 0.15) is 25.2 Å². The van der Waals surface area contributed by atoms with E-state index in [1.54, 1.807) is 6.07 Å². The molecule has 0 saturated carbocycles. The second-order valence-electron chi connectivity index (χ2n) is 8.34. The molecular weight excluding hydrogens is 402 g/mol. The molecule has 166 valence electrons. The summed E-state index contributed by atoms with van der Waals surface area (Å²) in [5.74, 6) is 1.78. The summed E-state index contributed by atoms with van der Waals surface area (Å²) in [7, 11) is 0. The number of aryl methyl sites for hydroxylation is 1. The first-order valence-corrected chi connectivity index (χ1v) is 11.3. The van der Waals surface area contributed by atoms with Gasteiger partial charge < -0.3 is 10.0 Å². The van der Waals surface area contributed by atoms with Gasteiger partial charge >= 0.3 is 0 Å². The van der Waals surface area contributed by atoms with Gasteiger partial charge in [0.25, 0.3) is 0 Å². The van der Waals surface area contributed by atoms with Crippen molar-refractivity contribution >= 4 is 10.9 Å². The zero-order chi connectivity index (χ0) is 22.1. The zero-order valence-electron chi connectivity index (χ0n) is 18.6. The number of fused-ring (bicyclic) bond motifs is 1. The Bertz CT molecular complexity index is 1220. The number of aromatic hydroxyl groups is 1. The number of aromatic amines is 2. The average molecular weight is 432 g/mol. The number of phenolic OH excluding ortho intramolecular Hbond substituents is 1. The van der Waals surface area contributed by atoms with Crippen LogP contribution >= 0.6 is 0 Å². The van der Waals surface area contributed by atoms with Crippen LogP contribution in [0.4, 0.5) is 0 Å². The molecule has 1 saturated heterocycles. The predicted molar refractivity (Wildman–Crippen MR) is 125 cm³/mol. The molecule has 3 heterocycles. The molecule has 8 heteroatoms. The van der Waals surface area contributed by atoms with Crippen LogP contribution in [-0.4, -0.2) is 73.0 Å². The van der Waals surface area contributed by atoms with Gasteiger partial charge in [-0.1, -0.05) is 26.0 Å². The second kappa shape index (κ2) is 8.72. The summed E-state index contributed by atoms with van der Waals surface area (Å²) in [4.78, 5) is 9.59. The molecule has 3 N–H and O–H groups in total. The highest BCUT2D eigenvalue weighted by molar-refractivity contribution is 5.94. The Morgan fingerprint density at radius 2 is 1.75 bits per heavy atom. The minimum atomic E-state index is 0.295. The molecule has 0 amide bonds. The molecule has 8 nitrogen and oxygen atoms in total. The predicted octanol–water partition coefficient (Wildman–Crippen LogP) is 3.42. The third kappa shape index (κ3) is 3.99. The molecule has 32 heavy (non-hydrogen) atoms. The maximum absolute atomic E-state index is 9.81. The van der Waals surface area contributed by atoms with Crippen molar-refractivity contribution in [1.29, 1.82) is 0 Å². The summed E-state index contributed by atoms with van der Waals surface area (Å²) in [5.41, 5.74) is 5.05. The van der Waals surface area contributed by atoms with Crippen molar-refractivity contribution in [3.05, 3.63) is 47.8 Å². The molecule has 4 aromatic rings. The van der Waals surface area contributed by atoms with Crippen molar-refractivity contribution in [3.8, 4) is 28.4 Å². The first-order chi connectivity index (χ1) is 15.6. The summed E-state index contributed by atoms with van der Waals surface area (Å²) in [6, 6.07) is 11.8. The highest BCUT2D eigenvalue weighted by Crippen LogP contribution is 2.32. The Hall–Kier alpha value is -3.23. The molecule has 2 aromatic carbocycles. The standard InChI is InChI=1S/C24H29N7O/c1-3-16-13-18(32)6-8-19(16)17-5-7-20-21(14-17)26-28-23(20)24-25-22(27-29-24)15-31-11-9-30(4-2)10-12-31/h5-8,13-14,32H,3-4,9-12,15H2,1-2H3,(H,26,28)(H,25,27,29). The van der Waals surface area contributed by atoms with E-state index in [0.717, 1.165) is 84.8 Å². The largest absolute Gasteiger partial charge is 0.508 e. The van der Waals surface area contributed by atoms with Gasteiger partial charge in [-0.3, -0.25) is 15.1 Å². The van der Waals surface area contributed by atoms with E-state index in [9.17, 15) is 5.11 Å². The minimum Gasteiger partial charge on any atom is -0.508 e. The van der Waals surface area contributed by atoms with Crippen LogP contribution < -0.4 is 0 Å². The molecule has 1 aliphatic heterocycles. The molecule has 0 unspecified atom stereocenters. The van der Waals surface area contributed by atoms with Crippen LogP contribution in [0.25, 0.3) is 33.5 Å². The fraction of sp³-hybridized carbons (Fsp3) is 0.375. The number of piperazine rings is 1. The molecule has 5 rings (SSSR count). The van der Waals surface area contributed by atoms with Gasteiger partial charge in [-0.25, -0.2) is 4.98 Å². The monoisotopic (exact) mass is 431 g/mol. The molecular formula is C24H29N7O. The smallest absolute Gasteiger partial charge is 0.177 e. The fourth-order valence-electron chi connectivity index (χ4n) is 4.46. The molecule has 0 radical (unpaired) electrons. The van der Waals surface area contributed by atoms with E-state index >= 15 is 0 Å². The van der Waals surface area contributed by atoms with Gasteiger partial charge in [-0.05, 0) is 53.9 Å². The third-order valence-electron chi connectivity index (χ3n) is 6.38. The van der Waals surface area contributed by atoms with E-state index in [1.165, 1.54) is 0 Å². The zero-order valence-corrected chi connectivity index (χ0v) is 18.6. The lowest BCUT2D eigenvalue weighted by Crippen LogP contribution is -2.45. The molecule has 1 fully saturated rings. The van der Waals surface area contributed by atoms with E-state index in [4.69, 9.17) is 4.98 Å². The first-order valence-electron chi connectivity index (χ1n) is 11.3. The maximum atomic E-state index is 9.81. The van der Waals surface area contributed by atoms with Crippen LogP contribution in [-0.2, 0) is 13.0 Å². The first kappa shape index (κ1) is 20.7. The number of nitrogens with zero attached hydrogens (tertiary/aromatic N) is 5. The number of likely N-dealkylation sites (N-methyl/N-ethyl adjacent to an activating group) is 1. The summed E-state index contributed by atoms with van der Waals surface area (Å²) in [5, 5.41) is 26.0. The van der Waals surface area contributed by atoms with Crippen molar-refractivity contribution < 1.29 is 5.11 Å². The van der Waals surface area contributed by atoms with E-state index in [0.29, 0.717) is 11.6 Å². The number of hydrogen-bond donors (Lipinski definition) is 3. The number of rotatable bonds is 6. The number of hydrogen-bond acceptors (Lipinski definition) is 6. The van der Waals surface area contributed by atoms with E-state index in [1.807, 2.05) is 12.1 Å². The topological polar surface area (TPSA) is 97.0 Å². The van der Waals surface area contributed by atoms with Crippen LogP contribution in [0.15, 0.2) is 36.4 Å². The van der Waals surface area contributed by atoms with Crippen LogP contribution in [0, 0.1) is 0 Å². The number of aromatic nitrogens is 5. The Kier molecular flexibility index (Phi) is 5.63. The number of phenols is 1.